The molecule has 8 nitrogen and oxygen atoms in total. The Morgan fingerprint density at radius 2 is 1.80 bits per heavy atom. The molecule has 2 aromatic carbocycles. The number of hydrogen-bond donors (Lipinski definition) is 1. The molecule has 2 unspecified atom stereocenters. The molecule has 1 saturated heterocycles. The van der Waals surface area contributed by atoms with Crippen molar-refractivity contribution in [2.24, 2.45) is 0 Å². The summed E-state index contributed by atoms with van der Waals surface area (Å²) < 4.78 is 41.7. The van der Waals surface area contributed by atoms with Crippen LogP contribution in [0.5, 0.6) is 0 Å². The Bertz CT molecular complexity index is 1410. The molecule has 2 fully saturated rings. The fourth-order valence-electron chi connectivity index (χ4n) is 5.30. The van der Waals surface area contributed by atoms with Crippen molar-refractivity contribution in [2.45, 2.75) is 63.1 Å². The molecule has 0 bridgehead atoms. The quantitative estimate of drug-likeness (QED) is 0.467. The van der Waals surface area contributed by atoms with Gasteiger partial charge in [0.1, 0.15) is 17.9 Å². The standard InChI is InChI=1S/C29H28F3N5O3/c1-18-7-2-3-10-22(18)25(26(39)35-20-16-29(31,32)17-20)36(21-9-4-8-19(30)15-21)27(40)23-11-5-12-24(38)37(23)28-33-13-6-14-34-28/h2-4,6-10,13-15,20,23,25H,5,11-12,16-17H2,1H3,(H,35,39). The molecule has 1 aliphatic heterocycles. The summed E-state index contributed by atoms with van der Waals surface area (Å²) in [6.45, 7) is 1.76. The van der Waals surface area contributed by atoms with E-state index in [2.05, 4.69) is 15.3 Å². The van der Waals surface area contributed by atoms with Crippen molar-refractivity contribution in [3.8, 4) is 0 Å². The van der Waals surface area contributed by atoms with Crippen LogP contribution >= 0.6 is 0 Å². The van der Waals surface area contributed by atoms with Gasteiger partial charge in [-0.05, 0) is 55.2 Å². The van der Waals surface area contributed by atoms with Crippen LogP contribution in [-0.4, -0.2) is 45.7 Å². The summed E-state index contributed by atoms with van der Waals surface area (Å²) >= 11 is 0. The van der Waals surface area contributed by atoms with Gasteiger partial charge in [-0.25, -0.2) is 23.1 Å². The van der Waals surface area contributed by atoms with Gasteiger partial charge in [-0.15, -0.1) is 0 Å². The van der Waals surface area contributed by atoms with E-state index < -0.39 is 54.5 Å². The van der Waals surface area contributed by atoms with Crippen LogP contribution in [0.25, 0.3) is 0 Å². The first-order valence-electron chi connectivity index (χ1n) is 13.1. The Labute approximate surface area is 229 Å². The normalized spacial score (nSPS) is 19.4. The van der Waals surface area contributed by atoms with Gasteiger partial charge in [0.2, 0.25) is 17.8 Å². The van der Waals surface area contributed by atoms with Crippen LogP contribution in [-0.2, 0) is 14.4 Å². The highest BCUT2D eigenvalue weighted by atomic mass is 19.3. The highest BCUT2D eigenvalue weighted by molar-refractivity contribution is 6.09. The molecule has 2 atom stereocenters. The third-order valence-electron chi connectivity index (χ3n) is 7.25. The number of nitrogens with zero attached hydrogens (tertiary/aromatic N) is 4. The summed E-state index contributed by atoms with van der Waals surface area (Å²) in [5.74, 6) is -5.15. The number of anilines is 2. The van der Waals surface area contributed by atoms with Gasteiger partial charge in [-0.2, -0.15) is 0 Å². The van der Waals surface area contributed by atoms with Crippen LogP contribution in [0.15, 0.2) is 67.0 Å². The van der Waals surface area contributed by atoms with Gasteiger partial charge in [0.05, 0.1) is 0 Å². The molecule has 1 aliphatic carbocycles. The van der Waals surface area contributed by atoms with E-state index in [0.29, 0.717) is 17.5 Å². The third-order valence-corrected chi connectivity index (χ3v) is 7.25. The summed E-state index contributed by atoms with van der Waals surface area (Å²) in [5, 5.41) is 2.66. The van der Waals surface area contributed by atoms with Crippen LogP contribution in [0, 0.1) is 12.7 Å². The summed E-state index contributed by atoms with van der Waals surface area (Å²) in [6.07, 6.45) is 2.73. The predicted molar refractivity (Wildman–Crippen MR) is 141 cm³/mol. The number of amides is 3. The molecule has 2 aliphatic rings. The van der Waals surface area contributed by atoms with E-state index in [-0.39, 0.29) is 30.4 Å². The number of aromatic nitrogens is 2. The lowest BCUT2D eigenvalue weighted by atomic mass is 9.87. The van der Waals surface area contributed by atoms with Crippen LogP contribution in [0.4, 0.5) is 24.8 Å². The van der Waals surface area contributed by atoms with E-state index >= 15 is 0 Å². The lowest BCUT2D eigenvalue weighted by Gasteiger charge is -2.41. The molecule has 1 aromatic heterocycles. The number of rotatable bonds is 7. The molecule has 3 amide bonds. The maximum absolute atomic E-state index is 14.5. The first-order chi connectivity index (χ1) is 19.1. The van der Waals surface area contributed by atoms with Crippen molar-refractivity contribution in [3.05, 3.63) is 83.9 Å². The number of piperidine rings is 1. The lowest BCUT2D eigenvalue weighted by molar-refractivity contribution is -0.133. The molecule has 0 spiro atoms. The maximum Gasteiger partial charge on any atom is 0.252 e. The average Bonchev–Trinajstić information content (AvgIpc) is 2.91. The monoisotopic (exact) mass is 551 g/mol. The van der Waals surface area contributed by atoms with E-state index in [1.807, 2.05) is 0 Å². The predicted octanol–water partition coefficient (Wildman–Crippen LogP) is 4.50. The third kappa shape index (κ3) is 5.54. The van der Waals surface area contributed by atoms with Gasteiger partial charge in [-0.3, -0.25) is 24.2 Å². The molecule has 40 heavy (non-hydrogen) atoms. The fourth-order valence-corrected chi connectivity index (χ4v) is 5.30. The second-order valence-corrected chi connectivity index (χ2v) is 10.1. The summed E-state index contributed by atoms with van der Waals surface area (Å²) in [4.78, 5) is 52.1. The highest BCUT2D eigenvalue weighted by Gasteiger charge is 2.48. The van der Waals surface area contributed by atoms with E-state index in [4.69, 9.17) is 0 Å². The van der Waals surface area contributed by atoms with Crippen LogP contribution in [0.3, 0.4) is 0 Å². The van der Waals surface area contributed by atoms with Crippen molar-refractivity contribution in [2.75, 3.05) is 9.80 Å². The Morgan fingerprint density at radius 1 is 1.07 bits per heavy atom. The number of carbonyl (C=O) groups is 3. The van der Waals surface area contributed by atoms with Crippen molar-refractivity contribution >= 4 is 29.4 Å². The lowest BCUT2D eigenvalue weighted by Crippen LogP contribution is -2.58. The number of hydrogen-bond acceptors (Lipinski definition) is 5. The van der Waals surface area contributed by atoms with Crippen LogP contribution in [0.2, 0.25) is 0 Å². The highest BCUT2D eigenvalue weighted by Crippen LogP contribution is 2.39. The number of halogens is 3. The van der Waals surface area contributed by atoms with Gasteiger partial charge in [0.25, 0.3) is 11.8 Å². The van der Waals surface area contributed by atoms with Crippen molar-refractivity contribution in [1.82, 2.24) is 15.3 Å². The Morgan fingerprint density at radius 3 is 2.48 bits per heavy atom. The zero-order valence-electron chi connectivity index (χ0n) is 21.8. The Hall–Kier alpha value is -4.28. The van der Waals surface area contributed by atoms with E-state index in [1.165, 1.54) is 35.5 Å². The van der Waals surface area contributed by atoms with Gasteiger partial charge < -0.3 is 5.32 Å². The number of benzene rings is 2. The molecule has 11 heteroatoms. The molecule has 1 N–H and O–H groups in total. The van der Waals surface area contributed by atoms with Crippen molar-refractivity contribution in [1.29, 1.82) is 0 Å². The van der Waals surface area contributed by atoms with Crippen molar-refractivity contribution in [3.63, 3.8) is 0 Å². The minimum absolute atomic E-state index is 0.0401. The molecule has 2 heterocycles. The minimum atomic E-state index is -2.87. The molecule has 1 saturated carbocycles. The molecule has 208 valence electrons. The van der Waals surface area contributed by atoms with E-state index in [1.54, 1.807) is 37.3 Å². The Balaban J connectivity index is 1.61. The molecular weight excluding hydrogens is 523 g/mol. The number of aryl methyl sites for hydroxylation is 1. The average molecular weight is 552 g/mol. The van der Waals surface area contributed by atoms with Crippen molar-refractivity contribution < 1.29 is 27.6 Å². The first kappa shape index (κ1) is 27.3. The number of nitrogens with one attached hydrogen (secondary N) is 1. The largest absolute Gasteiger partial charge is 0.351 e. The van der Waals surface area contributed by atoms with Crippen LogP contribution in [0.1, 0.15) is 49.3 Å². The molecule has 0 radical (unpaired) electrons. The van der Waals surface area contributed by atoms with Gasteiger partial charge in [0.15, 0.2) is 0 Å². The number of alkyl halides is 2. The fraction of sp³-hybridized carbons (Fsp3) is 0.345. The van der Waals surface area contributed by atoms with Gasteiger partial charge in [0, 0.05) is 43.4 Å². The topological polar surface area (TPSA) is 95.5 Å². The smallest absolute Gasteiger partial charge is 0.252 e. The minimum Gasteiger partial charge on any atom is -0.351 e. The number of carbonyl (C=O) groups excluding carboxylic acids is 3. The van der Waals surface area contributed by atoms with Crippen LogP contribution < -0.4 is 15.1 Å². The zero-order chi connectivity index (χ0) is 28.4. The van der Waals surface area contributed by atoms with E-state index in [0.717, 1.165) is 11.0 Å². The maximum atomic E-state index is 14.5. The van der Waals surface area contributed by atoms with Gasteiger partial charge >= 0.3 is 0 Å². The SMILES string of the molecule is Cc1ccccc1C(C(=O)NC1CC(F)(F)C1)N(C(=O)C1CCCC(=O)N1c1ncccn1)c1cccc(F)c1. The second kappa shape index (κ2) is 11.1. The first-order valence-corrected chi connectivity index (χ1v) is 13.1. The molecule has 5 rings (SSSR count). The summed E-state index contributed by atoms with van der Waals surface area (Å²) in [5.41, 5.74) is 1.19. The zero-order valence-corrected chi connectivity index (χ0v) is 21.8. The molecular formula is C29H28F3N5O3. The molecule has 3 aromatic rings. The summed E-state index contributed by atoms with van der Waals surface area (Å²) in [6, 6.07) is 10.5. The van der Waals surface area contributed by atoms with Gasteiger partial charge in [-0.1, -0.05) is 30.3 Å². The van der Waals surface area contributed by atoms with E-state index in [9.17, 15) is 27.6 Å². The Kier molecular flexibility index (Phi) is 7.55. The second-order valence-electron chi connectivity index (χ2n) is 10.1. The summed E-state index contributed by atoms with van der Waals surface area (Å²) in [7, 11) is 0.